The minimum Gasteiger partial charge on any atom is -0.289 e. The van der Waals surface area contributed by atoms with Gasteiger partial charge < -0.3 is 0 Å². The third-order valence-electron chi connectivity index (χ3n) is 3.23. The van der Waals surface area contributed by atoms with Gasteiger partial charge in [0.15, 0.2) is 11.6 Å². The van der Waals surface area contributed by atoms with Gasteiger partial charge in [0.25, 0.3) is 0 Å². The van der Waals surface area contributed by atoms with E-state index in [0.717, 1.165) is 0 Å². The van der Waals surface area contributed by atoms with Crippen molar-refractivity contribution in [2.45, 2.75) is 19.8 Å². The molecule has 0 heterocycles. The van der Waals surface area contributed by atoms with E-state index in [4.69, 9.17) is 5.53 Å². The van der Waals surface area contributed by atoms with Gasteiger partial charge in [0.1, 0.15) is 0 Å². The number of carbonyl (C=O) groups excluding carboxylic acids is 2. The quantitative estimate of drug-likeness (QED) is 0.357. The number of hydrogen-bond acceptors (Lipinski definition) is 3. The molecule has 0 saturated heterocycles. The zero-order valence-corrected chi connectivity index (χ0v) is 10.6. The van der Waals surface area contributed by atoms with Crippen molar-refractivity contribution >= 4 is 11.6 Å². The normalized spacial score (nSPS) is 14.2. The van der Waals surface area contributed by atoms with Crippen LogP contribution < -0.4 is 0 Å². The summed E-state index contributed by atoms with van der Waals surface area (Å²) < 4.78 is 0. The van der Waals surface area contributed by atoms with Crippen LogP contribution in [0.15, 0.2) is 40.5 Å². The van der Waals surface area contributed by atoms with Crippen LogP contribution in [0.1, 0.15) is 40.5 Å². The van der Waals surface area contributed by atoms with Crippen LogP contribution in [0, 0.1) is 0 Å². The van der Waals surface area contributed by atoms with Crippen LogP contribution in [0.4, 0.5) is 0 Å². The molecule has 0 unspecified atom stereocenters. The summed E-state index contributed by atoms with van der Waals surface area (Å²) in [7, 11) is 0. The Morgan fingerprint density at radius 2 is 1.79 bits per heavy atom. The molecule has 0 bridgehead atoms. The second-order valence-corrected chi connectivity index (χ2v) is 4.37. The summed E-state index contributed by atoms with van der Waals surface area (Å²) in [6.07, 6.45) is 1.03. The van der Waals surface area contributed by atoms with Crippen molar-refractivity contribution in [2.75, 3.05) is 6.54 Å². The first kappa shape index (κ1) is 13.1. The zero-order valence-electron chi connectivity index (χ0n) is 10.6. The maximum Gasteiger partial charge on any atom is 0.190 e. The maximum atomic E-state index is 12.3. The number of azide groups is 1. The van der Waals surface area contributed by atoms with Gasteiger partial charge in [0.05, 0.1) is 0 Å². The van der Waals surface area contributed by atoms with E-state index in [1.54, 1.807) is 31.2 Å². The van der Waals surface area contributed by atoms with Crippen LogP contribution in [0.3, 0.4) is 0 Å². The Labute approximate surface area is 110 Å². The van der Waals surface area contributed by atoms with Crippen LogP contribution in [0.5, 0.6) is 0 Å². The highest BCUT2D eigenvalue weighted by molar-refractivity contribution is 6.26. The van der Waals surface area contributed by atoms with E-state index in [1.807, 2.05) is 0 Å². The lowest BCUT2D eigenvalue weighted by atomic mass is 9.83. The molecule has 0 radical (unpaired) electrons. The van der Waals surface area contributed by atoms with Gasteiger partial charge >= 0.3 is 0 Å². The maximum absolute atomic E-state index is 12.3. The molecule has 5 heteroatoms. The Morgan fingerprint density at radius 1 is 1.16 bits per heavy atom. The highest BCUT2D eigenvalue weighted by Gasteiger charge is 2.28. The molecule has 0 fully saturated rings. The second kappa shape index (κ2) is 5.50. The van der Waals surface area contributed by atoms with Gasteiger partial charge in [0, 0.05) is 33.7 Å². The molecular formula is C14H13N3O2. The van der Waals surface area contributed by atoms with E-state index in [0.29, 0.717) is 41.7 Å². The first-order valence-electron chi connectivity index (χ1n) is 6.06. The number of rotatable bonds is 4. The summed E-state index contributed by atoms with van der Waals surface area (Å²) >= 11 is 0. The molecule has 2 rings (SSSR count). The molecule has 1 aromatic rings. The first-order chi connectivity index (χ1) is 9.16. The molecule has 19 heavy (non-hydrogen) atoms. The Bertz CT molecular complexity index is 625. The van der Waals surface area contributed by atoms with Crippen molar-refractivity contribution in [2.24, 2.45) is 5.11 Å². The van der Waals surface area contributed by atoms with E-state index in [-0.39, 0.29) is 11.6 Å². The Balaban J connectivity index is 2.29. The lowest BCUT2D eigenvalue weighted by Crippen LogP contribution is -2.20. The van der Waals surface area contributed by atoms with Crippen LogP contribution in [-0.2, 0) is 0 Å². The summed E-state index contributed by atoms with van der Waals surface area (Å²) in [4.78, 5) is 27.2. The largest absolute Gasteiger partial charge is 0.289 e. The molecule has 1 aromatic carbocycles. The molecule has 1 aliphatic rings. The zero-order chi connectivity index (χ0) is 13.8. The molecule has 5 nitrogen and oxygen atoms in total. The van der Waals surface area contributed by atoms with E-state index in [1.165, 1.54) is 0 Å². The highest BCUT2D eigenvalue weighted by atomic mass is 16.1. The topological polar surface area (TPSA) is 82.9 Å². The number of allylic oxidation sites excluding steroid dienone is 2. The predicted octanol–water partition coefficient (Wildman–Crippen LogP) is 3.47. The average Bonchev–Trinajstić information content (AvgIpc) is 2.44. The van der Waals surface area contributed by atoms with Crippen LogP contribution >= 0.6 is 0 Å². The number of hydrogen-bond donors (Lipinski definition) is 0. The van der Waals surface area contributed by atoms with E-state index >= 15 is 0 Å². The Morgan fingerprint density at radius 3 is 2.42 bits per heavy atom. The first-order valence-corrected chi connectivity index (χ1v) is 6.06. The van der Waals surface area contributed by atoms with Crippen LogP contribution in [-0.4, -0.2) is 18.1 Å². The molecule has 0 saturated carbocycles. The van der Waals surface area contributed by atoms with Gasteiger partial charge in [0.2, 0.25) is 0 Å². The number of nitrogens with zero attached hydrogens (tertiary/aromatic N) is 3. The summed E-state index contributed by atoms with van der Waals surface area (Å²) in [6.45, 7) is 2.01. The SMILES string of the molecule is CC1=C(CCCN=[N+]=[N-])C(=O)c2ccccc2C1=O. The molecule has 0 spiro atoms. The molecule has 0 aliphatic heterocycles. The Hall–Kier alpha value is -2.39. The fraction of sp³-hybridized carbons (Fsp3) is 0.286. The van der Waals surface area contributed by atoms with Crippen molar-refractivity contribution in [3.8, 4) is 0 Å². The van der Waals surface area contributed by atoms with Crippen molar-refractivity contribution in [1.82, 2.24) is 0 Å². The molecule has 0 aromatic heterocycles. The van der Waals surface area contributed by atoms with Crippen LogP contribution in [0.2, 0.25) is 0 Å². The number of Topliss-reactive ketones (excluding diaryl/α,β-unsaturated/α-hetero) is 2. The van der Waals surface area contributed by atoms with Gasteiger partial charge in [-0.05, 0) is 25.3 Å². The molecule has 0 amide bonds. The van der Waals surface area contributed by atoms with Crippen molar-refractivity contribution in [3.05, 3.63) is 57.0 Å². The minimum atomic E-state index is -0.0892. The number of ketones is 2. The molecule has 96 valence electrons. The highest BCUT2D eigenvalue weighted by Crippen LogP contribution is 2.28. The van der Waals surface area contributed by atoms with E-state index < -0.39 is 0 Å². The van der Waals surface area contributed by atoms with Gasteiger partial charge in [-0.1, -0.05) is 29.4 Å². The Kier molecular flexibility index (Phi) is 3.78. The summed E-state index contributed by atoms with van der Waals surface area (Å²) in [5, 5.41) is 3.43. The van der Waals surface area contributed by atoms with Gasteiger partial charge in [-0.25, -0.2) is 0 Å². The van der Waals surface area contributed by atoms with Gasteiger partial charge in [-0.3, -0.25) is 9.59 Å². The fourth-order valence-electron chi connectivity index (χ4n) is 2.22. The summed E-state index contributed by atoms with van der Waals surface area (Å²) in [5.41, 5.74) is 10.2. The van der Waals surface area contributed by atoms with Gasteiger partial charge in [-0.2, -0.15) is 0 Å². The summed E-state index contributed by atoms with van der Waals surface area (Å²) in [6, 6.07) is 6.86. The van der Waals surface area contributed by atoms with Crippen LogP contribution in [0.25, 0.3) is 10.4 Å². The summed E-state index contributed by atoms with van der Waals surface area (Å²) in [5.74, 6) is -0.178. The second-order valence-electron chi connectivity index (χ2n) is 4.37. The number of fused-ring (bicyclic) bond motifs is 1. The fourth-order valence-corrected chi connectivity index (χ4v) is 2.22. The molecule has 0 N–H and O–H groups in total. The van der Waals surface area contributed by atoms with Crippen molar-refractivity contribution < 1.29 is 9.59 Å². The molecule has 1 aliphatic carbocycles. The van der Waals surface area contributed by atoms with Gasteiger partial charge in [-0.15, -0.1) is 0 Å². The third kappa shape index (κ3) is 2.41. The predicted molar refractivity (Wildman–Crippen MR) is 71.1 cm³/mol. The monoisotopic (exact) mass is 255 g/mol. The standard InChI is InChI=1S/C14H13N3O2/c1-9-10(7-4-8-16-17-15)14(19)12-6-3-2-5-11(12)13(9)18/h2-3,5-6H,4,7-8H2,1H3. The van der Waals surface area contributed by atoms with E-state index in [2.05, 4.69) is 10.0 Å². The number of carbonyl (C=O) groups is 2. The smallest absolute Gasteiger partial charge is 0.190 e. The average molecular weight is 255 g/mol. The lowest BCUT2D eigenvalue weighted by Gasteiger charge is -2.18. The third-order valence-corrected chi connectivity index (χ3v) is 3.23. The number of benzene rings is 1. The van der Waals surface area contributed by atoms with Crippen molar-refractivity contribution in [1.29, 1.82) is 0 Å². The lowest BCUT2D eigenvalue weighted by molar-refractivity contribution is 0.0971. The molecular weight excluding hydrogens is 242 g/mol. The van der Waals surface area contributed by atoms with Crippen molar-refractivity contribution in [3.63, 3.8) is 0 Å². The van der Waals surface area contributed by atoms with E-state index in [9.17, 15) is 9.59 Å². The minimum absolute atomic E-state index is 0.0889. The molecule has 0 atom stereocenters.